The Kier molecular flexibility index (Phi) is 3.72. The summed E-state index contributed by atoms with van der Waals surface area (Å²) in [7, 11) is 0. The number of carboxylic acid groups (broad SMARTS) is 1. The number of imide groups is 1. The van der Waals surface area contributed by atoms with Crippen LogP contribution < -0.4 is 16.6 Å². The second-order valence-corrected chi connectivity index (χ2v) is 7.06. The van der Waals surface area contributed by atoms with Crippen LogP contribution in [0.4, 0.5) is 5.82 Å². The van der Waals surface area contributed by atoms with Gasteiger partial charge in [0.2, 0.25) is 0 Å². The summed E-state index contributed by atoms with van der Waals surface area (Å²) in [4.78, 5) is 47.8. The molecule has 2 heterocycles. The summed E-state index contributed by atoms with van der Waals surface area (Å²) >= 11 is 0. The number of amides is 2. The quantitative estimate of drug-likeness (QED) is 0.696. The molecule has 1 aliphatic heterocycles. The lowest BCUT2D eigenvalue weighted by molar-refractivity contribution is 0.0696. The van der Waals surface area contributed by atoms with Crippen LogP contribution >= 0.6 is 0 Å². The fourth-order valence-electron chi connectivity index (χ4n) is 3.01. The van der Waals surface area contributed by atoms with Crippen molar-refractivity contribution in [3.05, 3.63) is 56.9 Å². The first-order valence-corrected chi connectivity index (χ1v) is 7.81. The molecule has 2 amide bonds. The number of rotatable bonds is 2. The Labute approximate surface area is 148 Å². The Balaban J connectivity index is 2.41. The Morgan fingerprint density at radius 1 is 1.12 bits per heavy atom. The fourth-order valence-corrected chi connectivity index (χ4v) is 3.01. The first-order chi connectivity index (χ1) is 12.0. The minimum Gasteiger partial charge on any atom is -0.478 e. The summed E-state index contributed by atoms with van der Waals surface area (Å²) in [6.07, 6.45) is 0. The number of carboxylic acids is 1. The van der Waals surface area contributed by atoms with Gasteiger partial charge in [-0.05, 0) is 23.1 Å². The van der Waals surface area contributed by atoms with Gasteiger partial charge in [0.25, 0.3) is 17.4 Å². The number of fused-ring (bicyclic) bond motifs is 1. The molecule has 0 bridgehead atoms. The number of anilines is 1. The van der Waals surface area contributed by atoms with E-state index < -0.39 is 28.8 Å². The summed E-state index contributed by atoms with van der Waals surface area (Å²) in [5.74, 6) is -2.74. The lowest BCUT2D eigenvalue weighted by Crippen LogP contribution is -2.27. The van der Waals surface area contributed by atoms with Gasteiger partial charge in [0.1, 0.15) is 5.82 Å². The number of nitrogen functional groups attached to an aromatic ring is 1. The minimum absolute atomic E-state index is 0.0275. The zero-order valence-electron chi connectivity index (χ0n) is 14.4. The molecule has 0 fully saturated rings. The fraction of sp³-hybridized carbons (Fsp3) is 0.222. The number of pyridine rings is 1. The van der Waals surface area contributed by atoms with Crippen molar-refractivity contribution in [2.24, 2.45) is 0 Å². The largest absolute Gasteiger partial charge is 0.478 e. The van der Waals surface area contributed by atoms with E-state index in [4.69, 9.17) is 5.73 Å². The van der Waals surface area contributed by atoms with Crippen LogP contribution in [0.15, 0.2) is 29.1 Å². The highest BCUT2D eigenvalue weighted by molar-refractivity contribution is 6.23. The van der Waals surface area contributed by atoms with Gasteiger partial charge in [-0.1, -0.05) is 26.8 Å². The standard InChI is InChI=1S/C18H17N3O5/c1-18(2,3)10-5-4-8(17(25)26)6-11(10)21-12(22)7-9-13(14(21)19)16(24)20-15(9)23/h4-7H,19H2,1-3H3,(H,25,26)(H,20,23,24). The Bertz CT molecular complexity index is 1040. The number of hydrogen-bond acceptors (Lipinski definition) is 5. The number of benzene rings is 1. The van der Waals surface area contributed by atoms with Gasteiger partial charge < -0.3 is 10.8 Å². The number of carbonyl (C=O) groups excluding carboxylic acids is 2. The average Bonchev–Trinajstić information content (AvgIpc) is 2.80. The average molecular weight is 355 g/mol. The molecule has 1 aromatic heterocycles. The van der Waals surface area contributed by atoms with E-state index in [9.17, 15) is 24.3 Å². The monoisotopic (exact) mass is 355 g/mol. The molecule has 4 N–H and O–H groups in total. The second kappa shape index (κ2) is 5.55. The molecule has 0 spiro atoms. The van der Waals surface area contributed by atoms with Gasteiger partial charge in [-0.15, -0.1) is 0 Å². The van der Waals surface area contributed by atoms with Gasteiger partial charge in [-0.25, -0.2) is 4.79 Å². The summed E-state index contributed by atoms with van der Waals surface area (Å²) < 4.78 is 1.07. The van der Waals surface area contributed by atoms with Gasteiger partial charge in [0.05, 0.1) is 22.4 Å². The van der Waals surface area contributed by atoms with Crippen LogP contribution in [-0.2, 0) is 5.41 Å². The van der Waals surface area contributed by atoms with Crippen molar-refractivity contribution >= 4 is 23.6 Å². The highest BCUT2D eigenvalue weighted by Crippen LogP contribution is 2.31. The van der Waals surface area contributed by atoms with Crippen LogP contribution in [0.3, 0.4) is 0 Å². The van der Waals surface area contributed by atoms with E-state index in [2.05, 4.69) is 5.32 Å². The number of nitrogens with one attached hydrogen (secondary N) is 1. The molecule has 0 radical (unpaired) electrons. The molecular weight excluding hydrogens is 338 g/mol. The topological polar surface area (TPSA) is 131 Å². The normalized spacial score (nSPS) is 13.5. The van der Waals surface area contributed by atoms with Crippen LogP contribution in [0, 0.1) is 0 Å². The number of aromatic nitrogens is 1. The van der Waals surface area contributed by atoms with E-state index in [0.717, 1.165) is 10.6 Å². The van der Waals surface area contributed by atoms with Crippen molar-refractivity contribution in [1.82, 2.24) is 9.88 Å². The summed E-state index contributed by atoms with van der Waals surface area (Å²) in [6, 6.07) is 5.42. The zero-order valence-corrected chi connectivity index (χ0v) is 14.4. The molecule has 2 aromatic rings. The molecule has 134 valence electrons. The molecule has 8 nitrogen and oxygen atoms in total. The van der Waals surface area contributed by atoms with E-state index in [1.54, 1.807) is 6.07 Å². The number of carbonyl (C=O) groups is 3. The van der Waals surface area contributed by atoms with Gasteiger partial charge in [-0.2, -0.15) is 0 Å². The van der Waals surface area contributed by atoms with E-state index in [-0.39, 0.29) is 28.2 Å². The van der Waals surface area contributed by atoms with Crippen molar-refractivity contribution in [1.29, 1.82) is 0 Å². The smallest absolute Gasteiger partial charge is 0.335 e. The van der Waals surface area contributed by atoms with Crippen LogP contribution in [0.2, 0.25) is 0 Å². The number of nitrogens with zero attached hydrogens (tertiary/aromatic N) is 1. The van der Waals surface area contributed by atoms with E-state index >= 15 is 0 Å². The van der Waals surface area contributed by atoms with Crippen molar-refractivity contribution in [2.45, 2.75) is 26.2 Å². The zero-order chi connectivity index (χ0) is 19.4. The van der Waals surface area contributed by atoms with Crippen molar-refractivity contribution in [3.8, 4) is 5.69 Å². The maximum absolute atomic E-state index is 12.7. The van der Waals surface area contributed by atoms with Gasteiger partial charge >= 0.3 is 5.97 Å². The van der Waals surface area contributed by atoms with Crippen molar-refractivity contribution in [3.63, 3.8) is 0 Å². The highest BCUT2D eigenvalue weighted by atomic mass is 16.4. The summed E-state index contributed by atoms with van der Waals surface area (Å²) in [6.45, 7) is 5.70. The number of aromatic carboxylic acids is 1. The first-order valence-electron chi connectivity index (χ1n) is 7.81. The first kappa shape index (κ1) is 17.4. The lowest BCUT2D eigenvalue weighted by atomic mass is 9.85. The molecule has 3 rings (SSSR count). The molecule has 0 aliphatic carbocycles. The van der Waals surface area contributed by atoms with Gasteiger partial charge in [0, 0.05) is 6.07 Å². The molecule has 0 atom stereocenters. The summed E-state index contributed by atoms with van der Waals surface area (Å²) in [5.41, 5.74) is 5.73. The SMILES string of the molecule is CC(C)(C)c1ccc(C(=O)O)cc1-n1c(N)c2c(cc1=O)C(=O)NC2=O. The van der Waals surface area contributed by atoms with Crippen LogP contribution in [-0.4, -0.2) is 27.5 Å². The predicted octanol–water partition coefficient (Wildman–Crippen LogP) is 1.30. The maximum Gasteiger partial charge on any atom is 0.335 e. The molecule has 0 unspecified atom stereocenters. The summed E-state index contributed by atoms with van der Waals surface area (Å²) in [5, 5.41) is 11.4. The maximum atomic E-state index is 12.7. The predicted molar refractivity (Wildman–Crippen MR) is 93.9 cm³/mol. The molecule has 26 heavy (non-hydrogen) atoms. The molecular formula is C18H17N3O5. The van der Waals surface area contributed by atoms with Crippen LogP contribution in [0.25, 0.3) is 5.69 Å². The lowest BCUT2D eigenvalue weighted by Gasteiger charge is -2.25. The van der Waals surface area contributed by atoms with Crippen molar-refractivity contribution in [2.75, 3.05) is 5.73 Å². The number of hydrogen-bond donors (Lipinski definition) is 3. The molecule has 0 saturated heterocycles. The second-order valence-electron chi connectivity index (χ2n) is 7.06. The Hall–Kier alpha value is -3.42. The van der Waals surface area contributed by atoms with Crippen LogP contribution in [0.5, 0.6) is 0 Å². The third-order valence-corrected chi connectivity index (χ3v) is 4.25. The third-order valence-electron chi connectivity index (χ3n) is 4.25. The highest BCUT2D eigenvalue weighted by Gasteiger charge is 2.33. The number of nitrogens with two attached hydrogens (primary N) is 1. The van der Waals surface area contributed by atoms with E-state index in [1.807, 2.05) is 20.8 Å². The third kappa shape index (κ3) is 2.55. The molecule has 0 saturated carbocycles. The van der Waals surface area contributed by atoms with Crippen molar-refractivity contribution < 1.29 is 19.5 Å². The van der Waals surface area contributed by atoms with E-state index in [0.29, 0.717) is 5.56 Å². The van der Waals surface area contributed by atoms with Crippen LogP contribution in [0.1, 0.15) is 57.4 Å². The van der Waals surface area contributed by atoms with Gasteiger partial charge in [0.15, 0.2) is 0 Å². The van der Waals surface area contributed by atoms with E-state index in [1.165, 1.54) is 12.1 Å². The molecule has 1 aliphatic rings. The minimum atomic E-state index is -1.16. The Morgan fingerprint density at radius 2 is 1.77 bits per heavy atom. The Morgan fingerprint density at radius 3 is 2.35 bits per heavy atom. The molecule has 8 heteroatoms. The van der Waals surface area contributed by atoms with Gasteiger partial charge in [-0.3, -0.25) is 24.3 Å². The molecule has 1 aromatic carbocycles.